The molecular weight excluding hydrogens is 284 g/mol. The van der Waals surface area contributed by atoms with Crippen LogP contribution in [0, 0.1) is 6.92 Å². The van der Waals surface area contributed by atoms with E-state index in [1.807, 2.05) is 25.1 Å². The van der Waals surface area contributed by atoms with Crippen molar-refractivity contribution in [3.05, 3.63) is 28.2 Å². The van der Waals surface area contributed by atoms with Gasteiger partial charge in [0.1, 0.15) is 0 Å². The van der Waals surface area contributed by atoms with E-state index in [4.69, 9.17) is 4.74 Å². The van der Waals surface area contributed by atoms with Crippen molar-refractivity contribution >= 4 is 27.6 Å². The number of amides is 2. The van der Waals surface area contributed by atoms with Gasteiger partial charge in [-0.2, -0.15) is 0 Å². The van der Waals surface area contributed by atoms with E-state index in [9.17, 15) is 4.79 Å². The second kappa shape index (κ2) is 7.29. The van der Waals surface area contributed by atoms with Gasteiger partial charge in [0.2, 0.25) is 0 Å². The number of ether oxygens (including phenoxy) is 1. The third-order valence-corrected chi connectivity index (χ3v) is 3.12. The van der Waals surface area contributed by atoms with Crippen LogP contribution in [0.25, 0.3) is 0 Å². The fraction of sp³-hybridized carbons (Fsp3) is 0.417. The molecule has 1 aromatic rings. The number of benzene rings is 1. The first-order valence-corrected chi connectivity index (χ1v) is 6.22. The van der Waals surface area contributed by atoms with Crippen molar-refractivity contribution in [3.8, 4) is 0 Å². The number of anilines is 1. The van der Waals surface area contributed by atoms with E-state index in [0.29, 0.717) is 13.2 Å². The van der Waals surface area contributed by atoms with Gasteiger partial charge in [0.25, 0.3) is 0 Å². The van der Waals surface area contributed by atoms with Crippen LogP contribution in [0.2, 0.25) is 0 Å². The second-order valence-corrected chi connectivity index (χ2v) is 4.55. The highest BCUT2D eigenvalue weighted by molar-refractivity contribution is 9.10. The predicted molar refractivity (Wildman–Crippen MR) is 72.4 cm³/mol. The molecule has 0 aliphatic heterocycles. The molecule has 0 aliphatic carbocycles. The van der Waals surface area contributed by atoms with Crippen LogP contribution in [-0.4, -0.2) is 26.3 Å². The fourth-order valence-electron chi connectivity index (χ4n) is 1.32. The Morgan fingerprint density at radius 3 is 2.88 bits per heavy atom. The molecule has 2 amide bonds. The maximum Gasteiger partial charge on any atom is 0.319 e. The molecule has 0 unspecified atom stereocenters. The highest BCUT2D eigenvalue weighted by atomic mass is 79.9. The highest BCUT2D eigenvalue weighted by Gasteiger charge is 2.02. The monoisotopic (exact) mass is 300 g/mol. The Morgan fingerprint density at radius 2 is 2.24 bits per heavy atom. The number of rotatable bonds is 5. The molecule has 94 valence electrons. The molecule has 0 aromatic heterocycles. The number of halogens is 1. The highest BCUT2D eigenvalue weighted by Crippen LogP contribution is 2.19. The van der Waals surface area contributed by atoms with Crippen molar-refractivity contribution in [2.24, 2.45) is 0 Å². The fourth-order valence-corrected chi connectivity index (χ4v) is 1.56. The molecular formula is C12H17BrN2O2. The van der Waals surface area contributed by atoms with Gasteiger partial charge in [0.15, 0.2) is 0 Å². The smallest absolute Gasteiger partial charge is 0.319 e. The molecule has 5 heteroatoms. The van der Waals surface area contributed by atoms with Crippen LogP contribution in [0.1, 0.15) is 12.0 Å². The first-order chi connectivity index (χ1) is 8.13. The van der Waals surface area contributed by atoms with Crippen LogP contribution in [0.4, 0.5) is 10.5 Å². The minimum atomic E-state index is -0.192. The number of aryl methyl sites for hydroxylation is 1. The van der Waals surface area contributed by atoms with Gasteiger partial charge in [0, 0.05) is 30.4 Å². The van der Waals surface area contributed by atoms with E-state index < -0.39 is 0 Å². The quantitative estimate of drug-likeness (QED) is 0.822. The largest absolute Gasteiger partial charge is 0.385 e. The molecule has 2 N–H and O–H groups in total. The van der Waals surface area contributed by atoms with Gasteiger partial charge in [-0.15, -0.1) is 0 Å². The summed E-state index contributed by atoms with van der Waals surface area (Å²) in [5.74, 6) is 0. The van der Waals surface area contributed by atoms with Crippen LogP contribution in [0.15, 0.2) is 22.7 Å². The maximum atomic E-state index is 11.5. The zero-order valence-electron chi connectivity index (χ0n) is 10.0. The van der Waals surface area contributed by atoms with Crippen LogP contribution >= 0.6 is 15.9 Å². The lowest BCUT2D eigenvalue weighted by atomic mass is 10.2. The number of carbonyl (C=O) groups is 1. The second-order valence-electron chi connectivity index (χ2n) is 3.69. The number of carbonyl (C=O) groups excluding carboxylic acids is 1. The lowest BCUT2D eigenvalue weighted by molar-refractivity contribution is 0.194. The molecule has 1 rings (SSSR count). The summed E-state index contributed by atoms with van der Waals surface area (Å²) in [5, 5.41) is 5.53. The molecule has 0 saturated heterocycles. The Hall–Kier alpha value is -1.07. The standard InChI is InChI=1S/C12H17BrN2O2/c1-9-8-10(4-5-11(9)13)15-12(16)14-6-3-7-17-2/h4-5,8H,3,6-7H2,1-2H3,(H2,14,15,16). The summed E-state index contributed by atoms with van der Waals surface area (Å²) >= 11 is 3.41. The topological polar surface area (TPSA) is 50.4 Å². The van der Waals surface area contributed by atoms with E-state index >= 15 is 0 Å². The normalized spacial score (nSPS) is 10.1. The van der Waals surface area contributed by atoms with Gasteiger partial charge in [-0.1, -0.05) is 15.9 Å². The maximum absolute atomic E-state index is 11.5. The number of urea groups is 1. The summed E-state index contributed by atoms with van der Waals surface area (Å²) in [6.07, 6.45) is 0.809. The molecule has 0 atom stereocenters. The van der Waals surface area contributed by atoms with Gasteiger partial charge in [-0.05, 0) is 37.1 Å². The van der Waals surface area contributed by atoms with Crippen LogP contribution in [-0.2, 0) is 4.74 Å². The van der Waals surface area contributed by atoms with Crippen molar-refractivity contribution in [2.45, 2.75) is 13.3 Å². The van der Waals surface area contributed by atoms with Gasteiger partial charge in [-0.25, -0.2) is 4.79 Å². The van der Waals surface area contributed by atoms with Crippen molar-refractivity contribution in [2.75, 3.05) is 25.6 Å². The molecule has 0 saturated carbocycles. The Balaban J connectivity index is 2.37. The number of hydrogen-bond acceptors (Lipinski definition) is 2. The molecule has 0 bridgehead atoms. The molecule has 0 spiro atoms. The third-order valence-electron chi connectivity index (χ3n) is 2.23. The first kappa shape index (κ1) is 14.0. The molecule has 0 fully saturated rings. The molecule has 4 nitrogen and oxygen atoms in total. The average molecular weight is 301 g/mol. The third kappa shape index (κ3) is 5.19. The van der Waals surface area contributed by atoms with E-state index in [1.54, 1.807) is 7.11 Å². The lowest BCUT2D eigenvalue weighted by Gasteiger charge is -2.08. The Morgan fingerprint density at radius 1 is 1.47 bits per heavy atom. The summed E-state index contributed by atoms with van der Waals surface area (Å²) < 4.78 is 5.92. The lowest BCUT2D eigenvalue weighted by Crippen LogP contribution is -2.30. The Labute approximate surface area is 110 Å². The summed E-state index contributed by atoms with van der Waals surface area (Å²) in [6, 6.07) is 5.49. The summed E-state index contributed by atoms with van der Waals surface area (Å²) in [6.45, 7) is 3.23. The van der Waals surface area contributed by atoms with Crippen LogP contribution < -0.4 is 10.6 Å². The Kier molecular flexibility index (Phi) is 6.00. The zero-order valence-corrected chi connectivity index (χ0v) is 11.6. The molecule has 0 radical (unpaired) electrons. The molecule has 0 heterocycles. The van der Waals surface area contributed by atoms with Gasteiger partial charge in [0.05, 0.1) is 0 Å². The van der Waals surface area contributed by atoms with Crippen molar-refractivity contribution in [1.29, 1.82) is 0 Å². The van der Waals surface area contributed by atoms with E-state index in [1.165, 1.54) is 0 Å². The minimum absolute atomic E-state index is 0.192. The number of methoxy groups -OCH3 is 1. The van der Waals surface area contributed by atoms with Crippen molar-refractivity contribution in [1.82, 2.24) is 5.32 Å². The predicted octanol–water partition coefficient (Wildman–Crippen LogP) is 2.92. The van der Waals surface area contributed by atoms with Crippen LogP contribution in [0.3, 0.4) is 0 Å². The number of hydrogen-bond donors (Lipinski definition) is 2. The zero-order chi connectivity index (χ0) is 12.7. The van der Waals surface area contributed by atoms with Gasteiger partial charge in [-0.3, -0.25) is 0 Å². The van der Waals surface area contributed by atoms with Crippen LogP contribution in [0.5, 0.6) is 0 Å². The van der Waals surface area contributed by atoms with E-state index in [-0.39, 0.29) is 6.03 Å². The van der Waals surface area contributed by atoms with E-state index in [2.05, 4.69) is 26.6 Å². The summed E-state index contributed by atoms with van der Waals surface area (Å²) in [7, 11) is 1.64. The first-order valence-electron chi connectivity index (χ1n) is 5.43. The van der Waals surface area contributed by atoms with E-state index in [0.717, 1.165) is 22.1 Å². The SMILES string of the molecule is COCCCNC(=O)Nc1ccc(Br)c(C)c1. The minimum Gasteiger partial charge on any atom is -0.385 e. The summed E-state index contributed by atoms with van der Waals surface area (Å²) in [5.41, 5.74) is 1.87. The molecule has 0 aliphatic rings. The van der Waals surface area contributed by atoms with Gasteiger partial charge >= 0.3 is 6.03 Å². The number of nitrogens with one attached hydrogen (secondary N) is 2. The molecule has 1 aromatic carbocycles. The van der Waals surface area contributed by atoms with Crippen molar-refractivity contribution < 1.29 is 9.53 Å². The van der Waals surface area contributed by atoms with Crippen molar-refractivity contribution in [3.63, 3.8) is 0 Å². The van der Waals surface area contributed by atoms with Gasteiger partial charge < -0.3 is 15.4 Å². The molecule has 17 heavy (non-hydrogen) atoms. The average Bonchev–Trinajstić information content (AvgIpc) is 2.30. The Bertz CT molecular complexity index is 383. The summed E-state index contributed by atoms with van der Waals surface area (Å²) in [4.78, 5) is 11.5.